The van der Waals surface area contributed by atoms with Crippen LogP contribution in [0.4, 0.5) is 11.5 Å². The van der Waals surface area contributed by atoms with Gasteiger partial charge in [0.1, 0.15) is 11.6 Å². The molecule has 5 heteroatoms. The van der Waals surface area contributed by atoms with Gasteiger partial charge in [0.05, 0.1) is 18.5 Å². The summed E-state index contributed by atoms with van der Waals surface area (Å²) in [6, 6.07) is 15.4. The Morgan fingerprint density at radius 1 is 1.04 bits per heavy atom. The molecular weight excluding hydrogens is 350 g/mol. The van der Waals surface area contributed by atoms with Crippen LogP contribution < -0.4 is 10.1 Å². The van der Waals surface area contributed by atoms with Gasteiger partial charge in [0, 0.05) is 35.5 Å². The molecule has 0 spiro atoms. The van der Waals surface area contributed by atoms with Crippen molar-refractivity contribution in [2.24, 2.45) is 5.41 Å². The molecule has 0 saturated heterocycles. The smallest absolute Gasteiger partial charge is 0.165 e. The van der Waals surface area contributed by atoms with Gasteiger partial charge >= 0.3 is 0 Å². The lowest BCUT2D eigenvalue weighted by molar-refractivity contribution is 0.0910. The summed E-state index contributed by atoms with van der Waals surface area (Å²) in [5, 5.41) is 3.33. The number of benzene rings is 1. The van der Waals surface area contributed by atoms with Gasteiger partial charge in [0.25, 0.3) is 0 Å². The fraction of sp³-hybridized carbons (Fsp3) is 0.261. The summed E-state index contributed by atoms with van der Waals surface area (Å²) in [6.45, 7) is 4.22. The van der Waals surface area contributed by atoms with E-state index in [1.54, 1.807) is 13.3 Å². The molecule has 28 heavy (non-hydrogen) atoms. The number of ether oxygens (including phenoxy) is 1. The zero-order chi connectivity index (χ0) is 19.7. The molecule has 1 aliphatic carbocycles. The van der Waals surface area contributed by atoms with Gasteiger partial charge in [-0.2, -0.15) is 0 Å². The molecule has 1 aromatic carbocycles. The molecule has 142 valence electrons. The topological polar surface area (TPSA) is 64.1 Å². The maximum atomic E-state index is 12.3. The summed E-state index contributed by atoms with van der Waals surface area (Å²) in [5.41, 5.74) is 4.21. The summed E-state index contributed by atoms with van der Waals surface area (Å²) < 4.78 is 5.56. The van der Waals surface area contributed by atoms with E-state index in [0.29, 0.717) is 6.42 Å². The monoisotopic (exact) mass is 373 g/mol. The van der Waals surface area contributed by atoms with Crippen LogP contribution in [0.3, 0.4) is 0 Å². The lowest BCUT2D eigenvalue weighted by Gasteiger charge is -2.29. The molecular formula is C23H23N3O2. The minimum absolute atomic E-state index is 0.0523. The van der Waals surface area contributed by atoms with Crippen LogP contribution in [0.1, 0.15) is 36.3 Å². The van der Waals surface area contributed by atoms with Crippen molar-refractivity contribution in [2.45, 2.75) is 26.7 Å². The van der Waals surface area contributed by atoms with E-state index in [0.717, 1.165) is 46.2 Å². The van der Waals surface area contributed by atoms with Crippen molar-refractivity contribution in [3.63, 3.8) is 0 Å². The fourth-order valence-corrected chi connectivity index (χ4v) is 3.66. The van der Waals surface area contributed by atoms with Gasteiger partial charge < -0.3 is 10.1 Å². The third-order valence-electron chi connectivity index (χ3n) is 4.97. The second kappa shape index (κ2) is 7.08. The van der Waals surface area contributed by atoms with Crippen molar-refractivity contribution in [2.75, 3.05) is 12.4 Å². The first-order valence-electron chi connectivity index (χ1n) is 9.35. The van der Waals surface area contributed by atoms with Gasteiger partial charge in [-0.05, 0) is 48.2 Å². The highest BCUT2D eigenvalue weighted by atomic mass is 16.5. The minimum Gasteiger partial charge on any atom is -0.496 e. The molecule has 1 aliphatic rings. The first-order chi connectivity index (χ1) is 13.4. The molecule has 0 fully saturated rings. The van der Waals surface area contributed by atoms with Crippen LogP contribution in [-0.4, -0.2) is 22.9 Å². The van der Waals surface area contributed by atoms with Crippen LogP contribution >= 0.6 is 0 Å². The lowest BCUT2D eigenvalue weighted by atomic mass is 9.76. The van der Waals surface area contributed by atoms with E-state index in [4.69, 9.17) is 9.72 Å². The molecule has 0 amide bonds. The second-order valence-electron chi connectivity index (χ2n) is 7.89. The van der Waals surface area contributed by atoms with Gasteiger partial charge in [0.2, 0.25) is 0 Å². The molecule has 0 aliphatic heterocycles. The first kappa shape index (κ1) is 18.2. The lowest BCUT2D eigenvalue weighted by Crippen LogP contribution is -2.27. The molecule has 0 atom stereocenters. The molecule has 1 N–H and O–H groups in total. The van der Waals surface area contributed by atoms with E-state index >= 15 is 0 Å². The van der Waals surface area contributed by atoms with E-state index < -0.39 is 0 Å². The zero-order valence-electron chi connectivity index (χ0n) is 16.3. The van der Waals surface area contributed by atoms with Crippen molar-refractivity contribution in [3.05, 3.63) is 66.0 Å². The summed E-state index contributed by atoms with van der Waals surface area (Å²) in [5.74, 6) is 1.63. The molecule has 0 saturated carbocycles. The Kier molecular flexibility index (Phi) is 4.59. The number of fused-ring (bicyclic) bond motifs is 1. The molecule has 0 radical (unpaired) electrons. The fourth-order valence-electron chi connectivity index (χ4n) is 3.66. The van der Waals surface area contributed by atoms with Gasteiger partial charge in [-0.15, -0.1) is 0 Å². The predicted octanol–water partition coefficient (Wildman–Crippen LogP) is 5.05. The summed E-state index contributed by atoms with van der Waals surface area (Å²) in [7, 11) is 1.65. The SMILES string of the molecule is COc1cc(Nc2ccc3c(n2)CC(C)(C)CC3=O)ccc1-c1ccccn1. The normalized spacial score (nSPS) is 15.0. The number of ketones is 1. The predicted molar refractivity (Wildman–Crippen MR) is 110 cm³/mol. The average molecular weight is 373 g/mol. The van der Waals surface area contributed by atoms with Crippen LogP contribution in [0.25, 0.3) is 11.3 Å². The van der Waals surface area contributed by atoms with Crippen LogP contribution in [0, 0.1) is 5.41 Å². The molecule has 4 rings (SSSR count). The number of pyridine rings is 2. The molecule has 0 unspecified atom stereocenters. The number of rotatable bonds is 4. The Labute approximate surface area is 164 Å². The number of Topliss-reactive ketones (excluding diaryl/α,β-unsaturated/α-hetero) is 1. The van der Waals surface area contributed by atoms with Gasteiger partial charge in [-0.25, -0.2) is 4.98 Å². The molecule has 3 aromatic rings. The number of carbonyl (C=O) groups excluding carboxylic acids is 1. The summed E-state index contributed by atoms with van der Waals surface area (Å²) in [4.78, 5) is 21.4. The van der Waals surface area contributed by atoms with Gasteiger partial charge in [-0.1, -0.05) is 19.9 Å². The second-order valence-corrected chi connectivity index (χ2v) is 7.89. The number of anilines is 2. The number of hydrogen-bond acceptors (Lipinski definition) is 5. The Morgan fingerprint density at radius 3 is 2.61 bits per heavy atom. The maximum Gasteiger partial charge on any atom is 0.165 e. The van der Waals surface area contributed by atoms with Crippen molar-refractivity contribution < 1.29 is 9.53 Å². The highest BCUT2D eigenvalue weighted by Crippen LogP contribution is 2.35. The molecule has 2 aromatic heterocycles. The number of nitrogens with one attached hydrogen (secondary N) is 1. The third-order valence-corrected chi connectivity index (χ3v) is 4.97. The van der Waals surface area contributed by atoms with E-state index in [1.807, 2.05) is 48.5 Å². The highest BCUT2D eigenvalue weighted by molar-refractivity contribution is 5.98. The number of methoxy groups -OCH3 is 1. The third kappa shape index (κ3) is 3.60. The van der Waals surface area contributed by atoms with Crippen LogP contribution in [0.15, 0.2) is 54.7 Å². The van der Waals surface area contributed by atoms with Gasteiger partial charge in [-0.3, -0.25) is 9.78 Å². The van der Waals surface area contributed by atoms with Gasteiger partial charge in [0.15, 0.2) is 5.78 Å². The van der Waals surface area contributed by atoms with Crippen molar-refractivity contribution in [3.8, 4) is 17.0 Å². The Hall–Kier alpha value is -3.21. The van der Waals surface area contributed by atoms with E-state index in [-0.39, 0.29) is 11.2 Å². The zero-order valence-corrected chi connectivity index (χ0v) is 16.3. The minimum atomic E-state index is -0.0523. The summed E-state index contributed by atoms with van der Waals surface area (Å²) in [6.07, 6.45) is 3.13. The highest BCUT2D eigenvalue weighted by Gasteiger charge is 2.31. The molecule has 5 nitrogen and oxygen atoms in total. The Balaban J connectivity index is 1.62. The quantitative estimate of drug-likeness (QED) is 0.693. The Morgan fingerprint density at radius 2 is 1.86 bits per heavy atom. The van der Waals surface area contributed by atoms with Crippen LogP contribution in [-0.2, 0) is 6.42 Å². The molecule has 0 bridgehead atoms. The Bertz CT molecular complexity index is 1030. The van der Waals surface area contributed by atoms with E-state index in [9.17, 15) is 4.79 Å². The number of carbonyl (C=O) groups is 1. The average Bonchev–Trinajstić information content (AvgIpc) is 2.67. The number of nitrogens with zero attached hydrogens (tertiary/aromatic N) is 2. The maximum absolute atomic E-state index is 12.3. The van der Waals surface area contributed by atoms with Crippen molar-refractivity contribution >= 4 is 17.3 Å². The molecule has 2 heterocycles. The number of hydrogen-bond donors (Lipinski definition) is 1. The van der Waals surface area contributed by atoms with Crippen molar-refractivity contribution in [1.29, 1.82) is 0 Å². The standard InChI is InChI=1S/C23H23N3O2/c1-23(2)13-19-16(20(27)14-23)9-10-22(26-19)25-15-7-8-17(21(12-15)28-3)18-6-4-5-11-24-18/h4-12H,13-14H2,1-3H3,(H,25,26). The van der Waals surface area contributed by atoms with Crippen LogP contribution in [0.5, 0.6) is 5.75 Å². The largest absolute Gasteiger partial charge is 0.496 e. The number of aromatic nitrogens is 2. The van der Waals surface area contributed by atoms with Crippen molar-refractivity contribution in [1.82, 2.24) is 9.97 Å². The summed E-state index contributed by atoms with van der Waals surface area (Å²) >= 11 is 0. The first-order valence-corrected chi connectivity index (χ1v) is 9.35. The van der Waals surface area contributed by atoms with Crippen LogP contribution in [0.2, 0.25) is 0 Å². The van der Waals surface area contributed by atoms with E-state index in [2.05, 4.69) is 24.1 Å². The van der Waals surface area contributed by atoms with E-state index in [1.165, 1.54) is 0 Å².